The van der Waals surface area contributed by atoms with Crippen molar-refractivity contribution in [2.24, 2.45) is 11.8 Å². The number of aliphatic hydroxyl groups is 1. The summed E-state index contributed by atoms with van der Waals surface area (Å²) in [4.78, 5) is 30.6. The molecule has 0 saturated carbocycles. The molecule has 6 heteroatoms. The van der Waals surface area contributed by atoms with Crippen molar-refractivity contribution in [3.8, 4) is 0 Å². The first-order valence-electron chi connectivity index (χ1n) is 8.03. The molecular weight excluding hydrogens is 312 g/mol. The molecule has 0 aliphatic carbocycles. The molecule has 0 radical (unpaired) electrons. The molecule has 1 amide bonds. The van der Waals surface area contributed by atoms with Crippen molar-refractivity contribution < 1.29 is 14.7 Å². The molecule has 2 atom stereocenters. The Labute approximate surface area is 142 Å². The molecule has 0 aromatic carbocycles. The average molecular weight is 340 g/mol. The number of hydrogen-bond donors (Lipinski definition) is 1. The molecule has 0 aliphatic rings. The Balaban J connectivity index is 2.69. The molecule has 1 aromatic rings. The van der Waals surface area contributed by atoms with Crippen LogP contribution in [0.3, 0.4) is 0 Å². The van der Waals surface area contributed by atoms with Crippen molar-refractivity contribution in [1.29, 1.82) is 0 Å². The summed E-state index contributed by atoms with van der Waals surface area (Å²) in [5.41, 5.74) is 0.860. The second-order valence-electron chi connectivity index (χ2n) is 6.69. The minimum atomic E-state index is -0.825. The van der Waals surface area contributed by atoms with Gasteiger partial charge < -0.3 is 10.0 Å². The first-order valence-corrected chi connectivity index (χ1v) is 8.91. The molecule has 0 saturated heterocycles. The zero-order valence-electron chi connectivity index (χ0n) is 14.9. The zero-order valence-corrected chi connectivity index (χ0v) is 15.7. The van der Waals surface area contributed by atoms with Crippen LogP contribution in [-0.4, -0.2) is 39.8 Å². The lowest BCUT2D eigenvalue weighted by Crippen LogP contribution is -2.36. The number of rotatable bonds is 8. The van der Waals surface area contributed by atoms with Gasteiger partial charge in [0.25, 0.3) is 0 Å². The summed E-state index contributed by atoms with van der Waals surface area (Å²) >= 11 is 1.60. The van der Waals surface area contributed by atoms with Gasteiger partial charge in [-0.05, 0) is 6.92 Å². The summed E-state index contributed by atoms with van der Waals surface area (Å²) in [7, 11) is 1.70. The predicted molar refractivity (Wildman–Crippen MR) is 92.3 cm³/mol. The van der Waals surface area contributed by atoms with E-state index in [1.807, 2.05) is 5.38 Å². The molecule has 23 heavy (non-hydrogen) atoms. The van der Waals surface area contributed by atoms with Crippen LogP contribution >= 0.6 is 11.3 Å². The van der Waals surface area contributed by atoms with Gasteiger partial charge in [-0.25, -0.2) is 4.98 Å². The van der Waals surface area contributed by atoms with Gasteiger partial charge in [0.2, 0.25) is 5.91 Å². The van der Waals surface area contributed by atoms with Crippen LogP contribution in [0.4, 0.5) is 0 Å². The highest BCUT2D eigenvalue weighted by atomic mass is 32.1. The maximum atomic E-state index is 12.4. The normalized spacial score (nSPS) is 14.1. The highest BCUT2D eigenvalue weighted by Gasteiger charge is 2.29. The van der Waals surface area contributed by atoms with Crippen molar-refractivity contribution in [3.05, 3.63) is 16.1 Å². The lowest BCUT2D eigenvalue weighted by Gasteiger charge is -2.23. The van der Waals surface area contributed by atoms with Crippen LogP contribution in [0.2, 0.25) is 0 Å². The van der Waals surface area contributed by atoms with Crippen LogP contribution in [0.15, 0.2) is 5.38 Å². The number of carbonyl (C=O) groups is 2. The van der Waals surface area contributed by atoms with Gasteiger partial charge in [0.1, 0.15) is 5.78 Å². The first kappa shape index (κ1) is 19.8. The van der Waals surface area contributed by atoms with Gasteiger partial charge in [-0.3, -0.25) is 9.59 Å². The van der Waals surface area contributed by atoms with Crippen molar-refractivity contribution in [3.63, 3.8) is 0 Å². The lowest BCUT2D eigenvalue weighted by atomic mass is 9.88. The number of thiazole rings is 1. The fraction of sp³-hybridized carbons (Fsp3) is 0.706. The second kappa shape index (κ2) is 8.55. The lowest BCUT2D eigenvalue weighted by molar-refractivity contribution is -0.138. The quantitative estimate of drug-likeness (QED) is 0.790. The van der Waals surface area contributed by atoms with E-state index in [9.17, 15) is 14.7 Å². The predicted octanol–water partition coefficient (Wildman–Crippen LogP) is 2.84. The summed E-state index contributed by atoms with van der Waals surface area (Å²) < 4.78 is 0. The van der Waals surface area contributed by atoms with Crippen molar-refractivity contribution in [1.82, 2.24) is 9.88 Å². The van der Waals surface area contributed by atoms with E-state index in [0.717, 1.165) is 10.7 Å². The number of Topliss-reactive ketones (excluding diaryl/α,β-unsaturated/α-hetero) is 1. The van der Waals surface area contributed by atoms with E-state index in [4.69, 9.17) is 0 Å². The monoisotopic (exact) mass is 340 g/mol. The number of nitrogens with zero attached hydrogens (tertiary/aromatic N) is 2. The number of carbonyl (C=O) groups excluding carboxylic acids is 2. The van der Waals surface area contributed by atoms with Gasteiger partial charge in [0.05, 0.1) is 29.3 Å². The van der Waals surface area contributed by atoms with E-state index < -0.39 is 12.0 Å². The Morgan fingerprint density at radius 3 is 2.30 bits per heavy atom. The van der Waals surface area contributed by atoms with E-state index in [2.05, 4.69) is 18.8 Å². The van der Waals surface area contributed by atoms with E-state index in [1.165, 1.54) is 0 Å². The summed E-state index contributed by atoms with van der Waals surface area (Å²) in [5, 5.41) is 12.8. The molecule has 0 fully saturated rings. The number of aromatic nitrogens is 1. The van der Waals surface area contributed by atoms with Gasteiger partial charge >= 0.3 is 0 Å². The second-order valence-corrected chi connectivity index (χ2v) is 7.58. The molecule has 0 bridgehead atoms. The minimum absolute atomic E-state index is 0.0341. The molecule has 1 aromatic heterocycles. The topological polar surface area (TPSA) is 70.5 Å². The van der Waals surface area contributed by atoms with Crippen LogP contribution in [0.1, 0.15) is 57.7 Å². The summed E-state index contributed by atoms with van der Waals surface area (Å²) in [6.45, 7) is 9.73. The number of amides is 1. The van der Waals surface area contributed by atoms with Gasteiger partial charge in [-0.15, -0.1) is 11.3 Å². The molecule has 5 nitrogen and oxygen atoms in total. The Kier molecular flexibility index (Phi) is 7.35. The smallest absolute Gasteiger partial charge is 0.223 e. The van der Waals surface area contributed by atoms with Crippen molar-refractivity contribution in [2.75, 3.05) is 7.05 Å². The summed E-state index contributed by atoms with van der Waals surface area (Å²) in [5.74, 6) is -0.689. The van der Waals surface area contributed by atoms with E-state index in [0.29, 0.717) is 12.5 Å². The number of hydrogen-bond acceptors (Lipinski definition) is 5. The Hall–Kier alpha value is -1.27. The average Bonchev–Trinajstić information content (AvgIpc) is 2.91. The zero-order chi connectivity index (χ0) is 17.7. The molecule has 1 N–H and O–H groups in total. The van der Waals surface area contributed by atoms with E-state index >= 15 is 0 Å². The Morgan fingerprint density at radius 2 is 1.87 bits per heavy atom. The van der Waals surface area contributed by atoms with E-state index in [-0.39, 0.29) is 24.0 Å². The third-order valence-electron chi connectivity index (χ3n) is 3.80. The fourth-order valence-corrected chi connectivity index (χ4v) is 3.10. The fourth-order valence-electron chi connectivity index (χ4n) is 2.27. The first-order chi connectivity index (χ1) is 10.6. The van der Waals surface area contributed by atoms with Gasteiger partial charge in [0.15, 0.2) is 0 Å². The van der Waals surface area contributed by atoms with Crippen LogP contribution < -0.4 is 0 Å². The van der Waals surface area contributed by atoms with Gasteiger partial charge in [-0.2, -0.15) is 0 Å². The van der Waals surface area contributed by atoms with Crippen LogP contribution in [0, 0.1) is 11.8 Å². The van der Waals surface area contributed by atoms with Crippen LogP contribution in [0.5, 0.6) is 0 Å². The number of aliphatic hydroxyl groups excluding tert-OH is 1. The highest BCUT2D eigenvalue weighted by molar-refractivity contribution is 7.09. The third-order valence-corrected chi connectivity index (χ3v) is 4.99. The Bertz CT molecular complexity index is 538. The molecular formula is C17H28N2O3S. The SMILES string of the molecule is CC(C)C(=O)C(CC(=O)N(C)Cc1csc(C(C)C)n1)C(C)O. The van der Waals surface area contributed by atoms with Gasteiger partial charge in [0, 0.05) is 30.7 Å². The molecule has 1 heterocycles. The molecule has 1 rings (SSSR count). The Morgan fingerprint density at radius 1 is 1.26 bits per heavy atom. The third kappa shape index (κ3) is 5.70. The largest absolute Gasteiger partial charge is 0.393 e. The molecule has 0 aliphatic heterocycles. The van der Waals surface area contributed by atoms with Crippen LogP contribution in [-0.2, 0) is 16.1 Å². The summed E-state index contributed by atoms with van der Waals surface area (Å²) in [6.07, 6.45) is -0.791. The van der Waals surface area contributed by atoms with Gasteiger partial charge in [-0.1, -0.05) is 27.7 Å². The highest BCUT2D eigenvalue weighted by Crippen LogP contribution is 2.21. The van der Waals surface area contributed by atoms with E-state index in [1.54, 1.807) is 44.1 Å². The molecule has 2 unspecified atom stereocenters. The molecule has 130 valence electrons. The number of ketones is 1. The molecule has 0 spiro atoms. The van der Waals surface area contributed by atoms with Crippen LogP contribution in [0.25, 0.3) is 0 Å². The standard InChI is InChI=1S/C17H28N2O3S/c1-10(2)16(22)14(12(5)20)7-15(21)19(6)8-13-9-23-17(18-13)11(3)4/h9-12,14,20H,7-8H2,1-6H3. The maximum Gasteiger partial charge on any atom is 0.223 e. The van der Waals surface area contributed by atoms with Crippen molar-refractivity contribution >= 4 is 23.0 Å². The minimum Gasteiger partial charge on any atom is -0.393 e. The maximum absolute atomic E-state index is 12.4. The van der Waals surface area contributed by atoms with Crippen molar-refractivity contribution in [2.45, 2.75) is 59.6 Å². The summed E-state index contributed by atoms with van der Waals surface area (Å²) in [6, 6.07) is 0.